The van der Waals surface area contributed by atoms with Gasteiger partial charge in [-0.05, 0) is 87.4 Å². The van der Waals surface area contributed by atoms with Gasteiger partial charge in [-0.25, -0.2) is 9.18 Å². The molecule has 262 valence electrons. The summed E-state index contributed by atoms with van der Waals surface area (Å²) in [6.45, 7) is 8.73. The van der Waals surface area contributed by atoms with Crippen LogP contribution in [-0.2, 0) is 27.4 Å². The number of nitrogens with one attached hydrogen (secondary N) is 4. The number of hydrogen-bond acceptors (Lipinski definition) is 7. The lowest BCUT2D eigenvalue weighted by molar-refractivity contribution is -0.118. The van der Waals surface area contributed by atoms with E-state index in [9.17, 15) is 23.6 Å². The molecule has 4 rings (SSSR count). The molecule has 0 fully saturated rings. The van der Waals surface area contributed by atoms with E-state index in [0.29, 0.717) is 29.0 Å². The van der Waals surface area contributed by atoms with Crippen LogP contribution in [0.15, 0.2) is 84.9 Å². The molecule has 0 aliphatic carbocycles. The van der Waals surface area contributed by atoms with E-state index in [1.165, 1.54) is 25.1 Å². The van der Waals surface area contributed by atoms with Gasteiger partial charge in [-0.2, -0.15) is 0 Å². The maximum atomic E-state index is 14.3. The van der Waals surface area contributed by atoms with Gasteiger partial charge in [0, 0.05) is 36.8 Å². The molecule has 0 spiro atoms. The Morgan fingerprint density at radius 3 is 2.26 bits per heavy atom. The highest BCUT2D eigenvalue weighted by atomic mass is 35.5. The standard InChI is InChI=1S/C38H40ClFN4O6/c1-6-31(41-22-26-11-7-8-13-30(26)40)36(47)44-32-19-18-29(39)33(34(46)25-14-16-27(17-15-25)43-23(2)45)35(32)49-28-12-9-10-24(20-28)21-42-37(48)50-38(3,4)5/h7-20,31,41H,6,21-22H2,1-5H3,(H,42,48)(H,43,45)(H,44,47). The molecule has 12 heteroatoms. The molecule has 10 nitrogen and oxygen atoms in total. The van der Waals surface area contributed by atoms with Crippen LogP contribution in [-0.4, -0.2) is 35.3 Å². The Labute approximate surface area is 295 Å². The Kier molecular flexibility index (Phi) is 12.7. The molecule has 0 radical (unpaired) electrons. The van der Waals surface area contributed by atoms with E-state index in [4.69, 9.17) is 21.1 Å². The number of hydrogen-bond donors (Lipinski definition) is 4. The molecule has 0 aliphatic heterocycles. The van der Waals surface area contributed by atoms with Crippen molar-refractivity contribution < 1.29 is 33.0 Å². The third-order valence-corrected chi connectivity index (χ3v) is 7.55. The molecule has 3 amide bonds. The number of anilines is 2. The maximum absolute atomic E-state index is 14.3. The number of amides is 3. The summed E-state index contributed by atoms with van der Waals surface area (Å²) in [5.74, 6) is -1.30. The summed E-state index contributed by atoms with van der Waals surface area (Å²) in [6, 6.07) is 21.7. The highest BCUT2D eigenvalue weighted by Crippen LogP contribution is 2.39. The number of carbonyl (C=O) groups is 4. The van der Waals surface area contributed by atoms with Gasteiger partial charge in [0.15, 0.2) is 11.5 Å². The predicted octanol–water partition coefficient (Wildman–Crippen LogP) is 7.99. The number of rotatable bonds is 13. The van der Waals surface area contributed by atoms with Gasteiger partial charge in [0.05, 0.1) is 22.3 Å². The van der Waals surface area contributed by atoms with Gasteiger partial charge < -0.3 is 30.7 Å². The molecule has 4 aromatic rings. The first kappa shape index (κ1) is 37.6. The summed E-state index contributed by atoms with van der Waals surface area (Å²) in [7, 11) is 0. The van der Waals surface area contributed by atoms with E-state index in [1.807, 2.05) is 6.92 Å². The Balaban J connectivity index is 1.67. The summed E-state index contributed by atoms with van der Waals surface area (Å²) < 4.78 is 25.9. The van der Waals surface area contributed by atoms with Gasteiger partial charge in [0.25, 0.3) is 0 Å². The van der Waals surface area contributed by atoms with Crippen LogP contribution >= 0.6 is 11.6 Å². The number of alkyl carbamates (subject to hydrolysis) is 1. The maximum Gasteiger partial charge on any atom is 0.407 e. The zero-order valence-electron chi connectivity index (χ0n) is 28.5. The van der Waals surface area contributed by atoms with Gasteiger partial charge in [-0.1, -0.05) is 48.9 Å². The quantitative estimate of drug-likeness (QED) is 0.104. The Morgan fingerprint density at radius 1 is 0.880 bits per heavy atom. The highest BCUT2D eigenvalue weighted by Gasteiger charge is 2.26. The first-order valence-electron chi connectivity index (χ1n) is 16.0. The van der Waals surface area contributed by atoms with Crippen LogP contribution in [0.2, 0.25) is 5.02 Å². The van der Waals surface area contributed by atoms with Gasteiger partial charge in [-0.15, -0.1) is 0 Å². The van der Waals surface area contributed by atoms with Crippen molar-refractivity contribution in [3.05, 3.63) is 118 Å². The molecule has 4 N–H and O–H groups in total. The van der Waals surface area contributed by atoms with Crippen LogP contribution in [0.25, 0.3) is 0 Å². The Morgan fingerprint density at radius 2 is 1.60 bits per heavy atom. The minimum atomic E-state index is -0.721. The summed E-state index contributed by atoms with van der Waals surface area (Å²) in [6.07, 6.45) is -0.210. The zero-order chi connectivity index (χ0) is 36.4. The molecule has 0 aliphatic rings. The summed E-state index contributed by atoms with van der Waals surface area (Å²) in [5, 5.41) is 11.4. The average molecular weight is 703 g/mol. The van der Waals surface area contributed by atoms with Gasteiger partial charge in [0.2, 0.25) is 11.8 Å². The van der Waals surface area contributed by atoms with Crippen LogP contribution in [0, 0.1) is 5.82 Å². The van der Waals surface area contributed by atoms with E-state index >= 15 is 0 Å². The van der Waals surface area contributed by atoms with Crippen molar-refractivity contribution in [2.24, 2.45) is 0 Å². The van der Waals surface area contributed by atoms with E-state index in [2.05, 4.69) is 21.3 Å². The fraction of sp³-hybridized carbons (Fsp3) is 0.263. The van der Waals surface area contributed by atoms with Crippen molar-refractivity contribution in [3.63, 3.8) is 0 Å². The molecule has 0 heterocycles. The summed E-state index contributed by atoms with van der Waals surface area (Å²) in [5.41, 5.74) is 1.33. The molecule has 0 aromatic heterocycles. The van der Waals surface area contributed by atoms with E-state index in [-0.39, 0.29) is 52.4 Å². The number of ketones is 1. The number of benzene rings is 4. The van der Waals surface area contributed by atoms with Crippen molar-refractivity contribution in [3.8, 4) is 11.5 Å². The summed E-state index contributed by atoms with van der Waals surface area (Å²) >= 11 is 6.66. The van der Waals surface area contributed by atoms with Crippen molar-refractivity contribution in [2.75, 3.05) is 10.6 Å². The monoisotopic (exact) mass is 702 g/mol. The molecule has 0 saturated carbocycles. The molecule has 4 aromatic carbocycles. The zero-order valence-corrected chi connectivity index (χ0v) is 29.2. The van der Waals surface area contributed by atoms with Crippen molar-refractivity contribution in [2.45, 2.75) is 65.8 Å². The number of carbonyl (C=O) groups excluding carboxylic acids is 4. The van der Waals surface area contributed by atoms with Crippen molar-refractivity contribution in [1.82, 2.24) is 10.6 Å². The molecule has 0 bridgehead atoms. The lowest BCUT2D eigenvalue weighted by Crippen LogP contribution is -2.39. The lowest BCUT2D eigenvalue weighted by Gasteiger charge is -2.21. The fourth-order valence-corrected chi connectivity index (χ4v) is 5.10. The molecule has 50 heavy (non-hydrogen) atoms. The number of ether oxygens (including phenoxy) is 2. The molecular weight excluding hydrogens is 663 g/mol. The van der Waals surface area contributed by atoms with E-state index < -0.39 is 29.4 Å². The third-order valence-electron chi connectivity index (χ3n) is 7.23. The lowest BCUT2D eigenvalue weighted by atomic mass is 10.0. The molecular formula is C38H40ClFN4O6. The largest absolute Gasteiger partial charge is 0.454 e. The topological polar surface area (TPSA) is 135 Å². The first-order valence-corrected chi connectivity index (χ1v) is 16.4. The van der Waals surface area contributed by atoms with Crippen molar-refractivity contribution >= 4 is 46.7 Å². The van der Waals surface area contributed by atoms with Crippen LogP contribution < -0.4 is 26.0 Å². The molecule has 1 atom stereocenters. The molecule has 0 saturated heterocycles. The molecule has 1 unspecified atom stereocenters. The summed E-state index contributed by atoms with van der Waals surface area (Å²) in [4.78, 5) is 51.3. The Hall–Kier alpha value is -5.26. The van der Waals surface area contributed by atoms with Gasteiger partial charge >= 0.3 is 6.09 Å². The van der Waals surface area contributed by atoms with E-state index in [1.54, 1.807) is 87.5 Å². The van der Waals surface area contributed by atoms with Crippen LogP contribution in [0.1, 0.15) is 68.1 Å². The van der Waals surface area contributed by atoms with Gasteiger partial charge in [0.1, 0.15) is 17.2 Å². The van der Waals surface area contributed by atoms with E-state index in [0.717, 1.165) is 0 Å². The van der Waals surface area contributed by atoms with Crippen LogP contribution in [0.4, 0.5) is 20.6 Å². The highest BCUT2D eigenvalue weighted by molar-refractivity contribution is 6.36. The van der Waals surface area contributed by atoms with Crippen molar-refractivity contribution in [1.29, 1.82) is 0 Å². The second kappa shape index (κ2) is 16.9. The second-order valence-electron chi connectivity index (χ2n) is 12.4. The smallest absolute Gasteiger partial charge is 0.407 e. The second-order valence-corrected chi connectivity index (χ2v) is 12.8. The predicted molar refractivity (Wildman–Crippen MR) is 191 cm³/mol. The first-order chi connectivity index (χ1) is 23.7. The number of halogens is 2. The average Bonchev–Trinajstić information content (AvgIpc) is 3.05. The third kappa shape index (κ3) is 10.6. The minimum absolute atomic E-state index is 0.0111. The fourth-order valence-electron chi connectivity index (χ4n) is 4.87. The van der Waals surface area contributed by atoms with Gasteiger partial charge in [-0.3, -0.25) is 14.4 Å². The Bertz CT molecular complexity index is 1860. The van der Waals surface area contributed by atoms with Crippen LogP contribution in [0.3, 0.4) is 0 Å². The normalized spacial score (nSPS) is 11.7. The minimum Gasteiger partial charge on any atom is -0.454 e. The van der Waals surface area contributed by atoms with Crippen LogP contribution in [0.5, 0.6) is 11.5 Å². The SMILES string of the molecule is CCC(NCc1ccccc1F)C(=O)Nc1ccc(Cl)c(C(=O)c2ccc(NC(C)=O)cc2)c1Oc1cccc(CNC(=O)OC(C)(C)C)c1.